The van der Waals surface area contributed by atoms with Gasteiger partial charge >= 0.3 is 0 Å². The number of benzene rings is 2. The summed E-state index contributed by atoms with van der Waals surface area (Å²) in [6, 6.07) is 14.5. The van der Waals surface area contributed by atoms with Gasteiger partial charge in [-0.05, 0) is 29.8 Å². The standard InChI is InChI=1S/C20H17N3O4/c21-9-14-3-1-2-4-16(14)23-11-15(8-19(23)24)20(25)22-10-13-5-6-17-18(7-13)27-12-26-17/h1-7,15H,8,10-12H2,(H,22,25). The molecule has 0 bridgehead atoms. The molecule has 7 heteroatoms. The van der Waals surface area contributed by atoms with Crippen molar-refractivity contribution in [2.45, 2.75) is 13.0 Å². The molecule has 7 nitrogen and oxygen atoms in total. The van der Waals surface area contributed by atoms with E-state index in [9.17, 15) is 14.9 Å². The lowest BCUT2D eigenvalue weighted by molar-refractivity contribution is -0.126. The molecule has 2 aromatic carbocycles. The molecule has 27 heavy (non-hydrogen) atoms. The SMILES string of the molecule is N#Cc1ccccc1N1CC(C(=O)NCc2ccc3c(c2)OCO3)CC1=O. The van der Waals surface area contributed by atoms with Crippen LogP contribution in [0.3, 0.4) is 0 Å². The largest absolute Gasteiger partial charge is 0.454 e. The molecule has 4 rings (SSSR count). The minimum atomic E-state index is -0.446. The van der Waals surface area contributed by atoms with E-state index in [-0.39, 0.29) is 31.6 Å². The van der Waals surface area contributed by atoms with E-state index in [1.54, 1.807) is 24.3 Å². The van der Waals surface area contributed by atoms with E-state index in [1.807, 2.05) is 18.2 Å². The summed E-state index contributed by atoms with van der Waals surface area (Å²) in [6.07, 6.45) is 0.132. The molecule has 0 saturated carbocycles. The lowest BCUT2D eigenvalue weighted by atomic mass is 10.1. The fraction of sp³-hybridized carbons (Fsp3) is 0.250. The highest BCUT2D eigenvalue weighted by atomic mass is 16.7. The van der Waals surface area contributed by atoms with Crippen LogP contribution in [0.15, 0.2) is 42.5 Å². The zero-order valence-corrected chi connectivity index (χ0v) is 14.5. The number of nitriles is 1. The first kappa shape index (κ1) is 16.9. The third-order valence-electron chi connectivity index (χ3n) is 4.71. The molecule has 0 spiro atoms. The van der Waals surface area contributed by atoms with Gasteiger partial charge < -0.3 is 19.7 Å². The van der Waals surface area contributed by atoms with Gasteiger partial charge in [-0.1, -0.05) is 18.2 Å². The third kappa shape index (κ3) is 3.29. The van der Waals surface area contributed by atoms with E-state index < -0.39 is 5.92 Å². The number of nitrogens with one attached hydrogen (secondary N) is 1. The predicted octanol–water partition coefficient (Wildman–Crippen LogP) is 1.96. The number of anilines is 1. The molecule has 1 atom stereocenters. The number of fused-ring (bicyclic) bond motifs is 1. The van der Waals surface area contributed by atoms with Gasteiger partial charge in [0, 0.05) is 19.5 Å². The Morgan fingerprint density at radius 1 is 1.22 bits per heavy atom. The number of ether oxygens (including phenoxy) is 2. The normalized spacial score (nSPS) is 17.7. The minimum absolute atomic E-state index is 0.132. The van der Waals surface area contributed by atoms with Gasteiger partial charge in [-0.15, -0.1) is 0 Å². The fourth-order valence-corrected chi connectivity index (χ4v) is 3.30. The van der Waals surface area contributed by atoms with Crippen LogP contribution in [-0.2, 0) is 16.1 Å². The van der Waals surface area contributed by atoms with Gasteiger partial charge in [0.05, 0.1) is 17.2 Å². The van der Waals surface area contributed by atoms with Crippen molar-refractivity contribution >= 4 is 17.5 Å². The van der Waals surface area contributed by atoms with Crippen LogP contribution in [0.5, 0.6) is 11.5 Å². The lowest BCUT2D eigenvalue weighted by Crippen LogP contribution is -2.32. The highest BCUT2D eigenvalue weighted by Crippen LogP contribution is 2.32. The van der Waals surface area contributed by atoms with Crippen molar-refractivity contribution < 1.29 is 19.1 Å². The van der Waals surface area contributed by atoms with Gasteiger partial charge in [0.25, 0.3) is 0 Å². The van der Waals surface area contributed by atoms with Crippen LogP contribution >= 0.6 is 0 Å². The first-order valence-corrected chi connectivity index (χ1v) is 8.61. The van der Waals surface area contributed by atoms with E-state index in [0.29, 0.717) is 29.3 Å². The summed E-state index contributed by atoms with van der Waals surface area (Å²) >= 11 is 0. The molecule has 1 unspecified atom stereocenters. The average molecular weight is 363 g/mol. The second kappa shape index (κ2) is 7.00. The molecule has 0 radical (unpaired) electrons. The van der Waals surface area contributed by atoms with E-state index in [4.69, 9.17) is 9.47 Å². The number of hydrogen-bond donors (Lipinski definition) is 1. The van der Waals surface area contributed by atoms with Crippen molar-refractivity contribution in [1.82, 2.24) is 5.32 Å². The molecular weight excluding hydrogens is 346 g/mol. The fourth-order valence-electron chi connectivity index (χ4n) is 3.30. The smallest absolute Gasteiger partial charge is 0.231 e. The van der Waals surface area contributed by atoms with Gasteiger partial charge in [0.2, 0.25) is 18.6 Å². The molecule has 2 aromatic rings. The molecule has 0 aromatic heterocycles. The zero-order valence-electron chi connectivity index (χ0n) is 14.5. The van der Waals surface area contributed by atoms with E-state index in [0.717, 1.165) is 5.56 Å². The van der Waals surface area contributed by atoms with Crippen LogP contribution in [0.1, 0.15) is 17.5 Å². The number of nitrogens with zero attached hydrogens (tertiary/aromatic N) is 2. The Bertz CT molecular complexity index is 950. The zero-order chi connectivity index (χ0) is 18.8. The molecule has 2 heterocycles. The average Bonchev–Trinajstić information content (AvgIpc) is 3.32. The Morgan fingerprint density at radius 2 is 2.04 bits per heavy atom. The number of hydrogen-bond acceptors (Lipinski definition) is 5. The van der Waals surface area contributed by atoms with Crippen molar-refractivity contribution in [2.24, 2.45) is 5.92 Å². The van der Waals surface area contributed by atoms with Crippen molar-refractivity contribution in [3.05, 3.63) is 53.6 Å². The van der Waals surface area contributed by atoms with Gasteiger partial charge in [0.15, 0.2) is 11.5 Å². The van der Waals surface area contributed by atoms with Crippen LogP contribution in [-0.4, -0.2) is 25.2 Å². The molecule has 0 aliphatic carbocycles. The van der Waals surface area contributed by atoms with Crippen molar-refractivity contribution in [1.29, 1.82) is 5.26 Å². The summed E-state index contributed by atoms with van der Waals surface area (Å²) in [5.41, 5.74) is 1.87. The maximum absolute atomic E-state index is 12.5. The molecule has 1 fully saturated rings. The quantitative estimate of drug-likeness (QED) is 0.896. The molecule has 2 aliphatic heterocycles. The molecular formula is C20H17N3O4. The van der Waals surface area contributed by atoms with Crippen LogP contribution in [0, 0.1) is 17.2 Å². The van der Waals surface area contributed by atoms with Crippen LogP contribution in [0.25, 0.3) is 0 Å². The monoisotopic (exact) mass is 363 g/mol. The first-order valence-electron chi connectivity index (χ1n) is 8.61. The number of amides is 2. The predicted molar refractivity (Wildman–Crippen MR) is 96.0 cm³/mol. The maximum atomic E-state index is 12.5. The highest BCUT2D eigenvalue weighted by Gasteiger charge is 2.35. The van der Waals surface area contributed by atoms with E-state index in [1.165, 1.54) is 4.90 Å². The van der Waals surface area contributed by atoms with Gasteiger partial charge in [-0.3, -0.25) is 9.59 Å². The molecule has 1 N–H and O–H groups in total. The number of carbonyl (C=O) groups excluding carboxylic acids is 2. The summed E-state index contributed by atoms with van der Waals surface area (Å²) in [7, 11) is 0. The molecule has 2 amide bonds. The first-order chi connectivity index (χ1) is 13.2. The number of para-hydroxylation sites is 1. The van der Waals surface area contributed by atoms with Crippen LogP contribution < -0.4 is 19.7 Å². The van der Waals surface area contributed by atoms with Crippen molar-refractivity contribution in [3.63, 3.8) is 0 Å². The van der Waals surface area contributed by atoms with Gasteiger partial charge in [-0.2, -0.15) is 5.26 Å². The topological polar surface area (TPSA) is 91.7 Å². The van der Waals surface area contributed by atoms with Crippen LogP contribution in [0.2, 0.25) is 0 Å². The summed E-state index contributed by atoms with van der Waals surface area (Å²) in [6.45, 7) is 0.814. The Hall–Kier alpha value is -3.53. The Kier molecular flexibility index (Phi) is 4.38. The number of carbonyl (C=O) groups is 2. The Morgan fingerprint density at radius 3 is 2.89 bits per heavy atom. The summed E-state index contributed by atoms with van der Waals surface area (Å²) in [5, 5.41) is 12.1. The second-order valence-corrected chi connectivity index (χ2v) is 6.44. The van der Waals surface area contributed by atoms with Crippen molar-refractivity contribution in [2.75, 3.05) is 18.2 Å². The summed E-state index contributed by atoms with van der Waals surface area (Å²) in [5.74, 6) is 0.576. The number of rotatable bonds is 4. The van der Waals surface area contributed by atoms with Crippen LogP contribution in [0.4, 0.5) is 5.69 Å². The second-order valence-electron chi connectivity index (χ2n) is 6.44. The summed E-state index contributed by atoms with van der Waals surface area (Å²) < 4.78 is 10.6. The summed E-state index contributed by atoms with van der Waals surface area (Å²) in [4.78, 5) is 26.4. The Labute approximate surface area is 156 Å². The highest BCUT2D eigenvalue weighted by molar-refractivity contribution is 6.01. The lowest BCUT2D eigenvalue weighted by Gasteiger charge is -2.18. The molecule has 1 saturated heterocycles. The molecule has 2 aliphatic rings. The van der Waals surface area contributed by atoms with Crippen molar-refractivity contribution in [3.8, 4) is 17.6 Å². The Balaban J connectivity index is 1.40. The van der Waals surface area contributed by atoms with Gasteiger partial charge in [-0.25, -0.2) is 0 Å². The third-order valence-corrected chi connectivity index (χ3v) is 4.71. The van der Waals surface area contributed by atoms with Gasteiger partial charge in [0.1, 0.15) is 6.07 Å². The van der Waals surface area contributed by atoms with E-state index in [2.05, 4.69) is 11.4 Å². The maximum Gasteiger partial charge on any atom is 0.231 e. The van der Waals surface area contributed by atoms with E-state index >= 15 is 0 Å². The molecule has 136 valence electrons. The minimum Gasteiger partial charge on any atom is -0.454 e.